The van der Waals surface area contributed by atoms with E-state index in [0.29, 0.717) is 5.82 Å². The Morgan fingerprint density at radius 2 is 0.800 bits per heavy atom. The fourth-order valence-electron chi connectivity index (χ4n) is 9.89. The Bertz CT molecular complexity index is 3860. The van der Waals surface area contributed by atoms with Crippen molar-refractivity contribution in [3.05, 3.63) is 231 Å². The maximum absolute atomic E-state index is 5.45. The molecule has 13 aromatic rings. The van der Waals surface area contributed by atoms with Gasteiger partial charge in [0.2, 0.25) is 0 Å². The van der Waals surface area contributed by atoms with Gasteiger partial charge < -0.3 is 0 Å². The highest BCUT2D eigenvalue weighted by atomic mass is 15.0. The molecule has 0 saturated heterocycles. The van der Waals surface area contributed by atoms with Crippen molar-refractivity contribution in [2.24, 2.45) is 0 Å². The molecule has 13 rings (SSSR count). The zero-order chi connectivity index (χ0) is 42.8. The molecule has 0 radical (unpaired) electrons. The predicted molar refractivity (Wildman–Crippen MR) is 271 cm³/mol. The van der Waals surface area contributed by atoms with Gasteiger partial charge in [-0.05, 0) is 95.8 Å². The maximum atomic E-state index is 5.45. The largest absolute Gasteiger partial charge is 0.298 e. The molecule has 10 aromatic carbocycles. The maximum Gasteiger partial charge on any atom is 0.160 e. The second kappa shape index (κ2) is 15.0. The summed E-state index contributed by atoms with van der Waals surface area (Å²) in [6.07, 6.45) is 2.13. The van der Waals surface area contributed by atoms with Crippen molar-refractivity contribution in [3.63, 3.8) is 0 Å². The number of hydrogen-bond acceptors (Lipinski definition) is 3. The van der Waals surface area contributed by atoms with E-state index in [1.165, 1.54) is 43.1 Å². The highest BCUT2D eigenvalue weighted by Crippen LogP contribution is 2.41. The summed E-state index contributed by atoms with van der Waals surface area (Å²) in [7, 11) is 0. The van der Waals surface area contributed by atoms with Gasteiger partial charge in [0.25, 0.3) is 0 Å². The van der Waals surface area contributed by atoms with Crippen LogP contribution in [0.3, 0.4) is 0 Å². The Kier molecular flexibility index (Phi) is 8.50. The minimum atomic E-state index is 0.665. The van der Waals surface area contributed by atoms with Gasteiger partial charge in [-0.1, -0.05) is 188 Å². The second-order valence-corrected chi connectivity index (χ2v) is 16.8. The quantitative estimate of drug-likeness (QED) is 0.157. The lowest BCUT2D eigenvalue weighted by Crippen LogP contribution is -1.98. The average Bonchev–Trinajstić information content (AvgIpc) is 3.78. The number of aromatic nitrogens is 4. The number of fused-ring (bicyclic) bond motifs is 8. The van der Waals surface area contributed by atoms with Crippen LogP contribution >= 0.6 is 0 Å². The van der Waals surface area contributed by atoms with Gasteiger partial charge in [-0.2, -0.15) is 0 Å². The van der Waals surface area contributed by atoms with Crippen LogP contribution in [0.25, 0.3) is 127 Å². The number of benzene rings is 10. The van der Waals surface area contributed by atoms with Crippen LogP contribution in [0, 0.1) is 0 Å². The summed E-state index contributed by atoms with van der Waals surface area (Å²) in [6.45, 7) is 0. The summed E-state index contributed by atoms with van der Waals surface area (Å²) in [6, 6.07) is 80.0. The zero-order valence-electron chi connectivity index (χ0n) is 35.2. The molecule has 0 amide bonds. The summed E-state index contributed by atoms with van der Waals surface area (Å²) in [5.74, 6) is 0.665. The molecule has 3 heterocycles. The number of hydrogen-bond donors (Lipinski definition) is 0. The molecule has 0 aliphatic heterocycles. The molecule has 0 saturated carbocycles. The van der Waals surface area contributed by atoms with E-state index in [1.54, 1.807) is 0 Å². The van der Waals surface area contributed by atoms with E-state index in [2.05, 4.69) is 235 Å². The van der Waals surface area contributed by atoms with Gasteiger partial charge in [-0.15, -0.1) is 0 Å². The van der Waals surface area contributed by atoms with Gasteiger partial charge >= 0.3 is 0 Å². The average molecular weight is 827 g/mol. The first-order valence-corrected chi connectivity index (χ1v) is 22.1. The monoisotopic (exact) mass is 826 g/mol. The first kappa shape index (κ1) is 36.9. The number of nitrogens with zero attached hydrogens (tertiary/aromatic N) is 4. The van der Waals surface area contributed by atoms with Gasteiger partial charge in [-0.3, -0.25) is 4.40 Å². The fraction of sp³-hybridized carbons (Fsp3) is 0. The van der Waals surface area contributed by atoms with Gasteiger partial charge in [0.15, 0.2) is 5.82 Å². The molecule has 0 spiro atoms. The lowest BCUT2D eigenvalue weighted by molar-refractivity contribution is 1.18. The van der Waals surface area contributed by atoms with E-state index >= 15 is 0 Å². The van der Waals surface area contributed by atoms with Crippen molar-refractivity contribution in [1.82, 2.24) is 19.4 Å². The van der Waals surface area contributed by atoms with Crippen molar-refractivity contribution in [2.75, 3.05) is 0 Å². The van der Waals surface area contributed by atoms with Crippen LogP contribution < -0.4 is 0 Å². The summed E-state index contributed by atoms with van der Waals surface area (Å²) >= 11 is 0. The summed E-state index contributed by atoms with van der Waals surface area (Å²) in [5.41, 5.74) is 12.0. The Hall–Kier alpha value is -8.73. The molecule has 4 nitrogen and oxygen atoms in total. The molecule has 0 fully saturated rings. The predicted octanol–water partition coefficient (Wildman–Crippen LogP) is 15.9. The second-order valence-electron chi connectivity index (χ2n) is 16.8. The number of rotatable bonds is 6. The van der Waals surface area contributed by atoms with E-state index in [4.69, 9.17) is 15.0 Å². The normalized spacial score (nSPS) is 11.7. The van der Waals surface area contributed by atoms with Gasteiger partial charge in [0.1, 0.15) is 5.65 Å². The molecule has 0 aliphatic carbocycles. The SMILES string of the molecule is c1ccc(-c2cccn3c(-c4ccc(-c5nc(-c6cc7ccccc7c7ccccc67)cc(-c6cc7ccccc7c7ccccc67)n5)cc4)c(-c4ccc5ccccc5c4)nc23)cc1. The third-order valence-electron chi connectivity index (χ3n) is 13.0. The van der Waals surface area contributed by atoms with Crippen molar-refractivity contribution >= 4 is 59.5 Å². The van der Waals surface area contributed by atoms with Crippen LogP contribution in [0.1, 0.15) is 0 Å². The topological polar surface area (TPSA) is 43.1 Å². The summed E-state index contributed by atoms with van der Waals surface area (Å²) in [4.78, 5) is 16.3. The summed E-state index contributed by atoms with van der Waals surface area (Å²) in [5, 5.41) is 11.9. The minimum absolute atomic E-state index is 0.665. The molecule has 0 atom stereocenters. The standard InChI is InChI=1S/C61H38N4/c1-2-16-40(17-3-1)49-27-14-34-65-59(58(64-61(49)65)46-33-28-39-15-4-5-18-43(39)35-46)41-29-31-42(32-30-41)60-62-56(54-36-44-19-6-8-21-47(44)50-23-10-12-25-52(50)54)38-57(63-60)55-37-45-20-7-9-22-48(45)51-24-11-13-26-53(51)55/h1-38H. The van der Waals surface area contributed by atoms with Crippen LogP contribution in [0.5, 0.6) is 0 Å². The molecular formula is C61H38N4. The van der Waals surface area contributed by atoms with Crippen LogP contribution in [-0.2, 0) is 0 Å². The van der Waals surface area contributed by atoms with Crippen molar-refractivity contribution in [1.29, 1.82) is 0 Å². The fourth-order valence-corrected chi connectivity index (χ4v) is 9.89. The lowest BCUT2D eigenvalue weighted by atomic mass is 9.93. The van der Waals surface area contributed by atoms with Gasteiger partial charge in [0, 0.05) is 39.6 Å². The van der Waals surface area contributed by atoms with Gasteiger partial charge in [0.05, 0.1) is 22.8 Å². The zero-order valence-corrected chi connectivity index (χ0v) is 35.2. The third kappa shape index (κ3) is 6.18. The van der Waals surface area contributed by atoms with Crippen molar-refractivity contribution in [2.45, 2.75) is 0 Å². The Morgan fingerprint density at radius 3 is 1.43 bits per heavy atom. The van der Waals surface area contributed by atoms with E-state index in [0.717, 1.165) is 78.1 Å². The molecule has 0 unspecified atom stereocenters. The van der Waals surface area contributed by atoms with E-state index in [1.807, 2.05) is 0 Å². The van der Waals surface area contributed by atoms with E-state index < -0.39 is 0 Å². The molecule has 0 aliphatic rings. The third-order valence-corrected chi connectivity index (χ3v) is 13.0. The van der Waals surface area contributed by atoms with Crippen LogP contribution in [0.2, 0.25) is 0 Å². The highest BCUT2D eigenvalue weighted by Gasteiger charge is 2.21. The number of pyridine rings is 1. The van der Waals surface area contributed by atoms with Crippen LogP contribution in [0.15, 0.2) is 231 Å². The first-order chi connectivity index (χ1) is 32.2. The van der Waals surface area contributed by atoms with E-state index in [9.17, 15) is 0 Å². The highest BCUT2D eigenvalue weighted by molar-refractivity contribution is 6.15. The van der Waals surface area contributed by atoms with Crippen molar-refractivity contribution < 1.29 is 0 Å². The summed E-state index contributed by atoms with van der Waals surface area (Å²) < 4.78 is 2.24. The molecule has 65 heavy (non-hydrogen) atoms. The Morgan fingerprint density at radius 1 is 0.292 bits per heavy atom. The molecule has 302 valence electrons. The smallest absolute Gasteiger partial charge is 0.160 e. The van der Waals surface area contributed by atoms with E-state index in [-0.39, 0.29) is 0 Å². The van der Waals surface area contributed by atoms with Crippen LogP contribution in [0.4, 0.5) is 0 Å². The lowest BCUT2D eigenvalue weighted by Gasteiger charge is -2.15. The Labute approximate surface area is 375 Å². The Balaban J connectivity index is 1.02. The molecule has 0 N–H and O–H groups in total. The first-order valence-electron chi connectivity index (χ1n) is 22.1. The van der Waals surface area contributed by atoms with Crippen LogP contribution in [-0.4, -0.2) is 19.4 Å². The minimum Gasteiger partial charge on any atom is -0.298 e. The van der Waals surface area contributed by atoms with Crippen molar-refractivity contribution in [3.8, 4) is 67.5 Å². The molecule has 4 heteroatoms. The molecule has 0 bridgehead atoms. The molecular weight excluding hydrogens is 789 g/mol. The molecule has 3 aromatic heterocycles. The van der Waals surface area contributed by atoms with Gasteiger partial charge in [-0.25, -0.2) is 15.0 Å². The number of imidazole rings is 1.